The lowest BCUT2D eigenvalue weighted by Crippen LogP contribution is -2.40. The standard InChI is InChI=1S/C20H23N.CH4O3S/c1-21-14-6-12-20-13-11-15(16-7-2-4-9-18(16)20)17-8-3-5-10-19(17)20;1-5(2,3)4/h2-5,7-10,15,21H,6,11-14H2,1H3;1H3,(H,2,3,4). The maximum absolute atomic E-state index is 9.19. The second-order valence-corrected chi connectivity index (χ2v) is 8.75. The molecule has 2 aromatic rings. The molecule has 0 spiro atoms. The van der Waals surface area contributed by atoms with E-state index >= 15 is 0 Å². The summed E-state index contributed by atoms with van der Waals surface area (Å²) in [7, 11) is -1.61. The van der Waals surface area contributed by atoms with Gasteiger partial charge in [-0.25, -0.2) is 0 Å². The van der Waals surface area contributed by atoms with Gasteiger partial charge in [0.1, 0.15) is 0 Å². The van der Waals surface area contributed by atoms with Crippen molar-refractivity contribution in [2.75, 3.05) is 19.8 Å². The maximum atomic E-state index is 9.19. The molecule has 5 rings (SSSR count). The second kappa shape index (κ2) is 7.51. The van der Waals surface area contributed by atoms with E-state index in [2.05, 4.69) is 60.9 Å². The Balaban J connectivity index is 0.000000349. The Morgan fingerprint density at radius 3 is 2.08 bits per heavy atom. The highest BCUT2D eigenvalue weighted by atomic mass is 32.2. The molecule has 0 heterocycles. The molecule has 2 N–H and O–H groups in total. The minimum Gasteiger partial charge on any atom is -0.320 e. The Morgan fingerprint density at radius 2 is 1.58 bits per heavy atom. The Hall–Kier alpha value is -1.69. The summed E-state index contributed by atoms with van der Waals surface area (Å²) in [5, 5.41) is 3.31. The topological polar surface area (TPSA) is 66.4 Å². The summed E-state index contributed by atoms with van der Waals surface area (Å²) in [6.45, 7) is 1.11. The minimum absolute atomic E-state index is 0.263. The normalized spacial score (nSPS) is 22.8. The number of fused-ring (bicyclic) bond motifs is 1. The number of hydrogen-bond donors (Lipinski definition) is 2. The molecular formula is C21H27NO3S. The Kier molecular flexibility index (Phi) is 5.51. The zero-order chi connectivity index (χ0) is 18.8. The van der Waals surface area contributed by atoms with E-state index in [0.717, 1.165) is 6.54 Å². The van der Waals surface area contributed by atoms with Crippen LogP contribution in [0.3, 0.4) is 0 Å². The van der Waals surface area contributed by atoms with Gasteiger partial charge in [-0.05, 0) is 61.5 Å². The number of rotatable bonds is 4. The molecule has 4 nitrogen and oxygen atoms in total. The van der Waals surface area contributed by atoms with Gasteiger partial charge in [0.2, 0.25) is 0 Å². The number of nitrogens with one attached hydrogen (secondary N) is 1. The van der Waals surface area contributed by atoms with Gasteiger partial charge in [0.15, 0.2) is 0 Å². The van der Waals surface area contributed by atoms with Crippen molar-refractivity contribution in [3.8, 4) is 0 Å². The van der Waals surface area contributed by atoms with E-state index in [9.17, 15) is 8.42 Å². The van der Waals surface area contributed by atoms with E-state index in [-0.39, 0.29) is 5.41 Å². The van der Waals surface area contributed by atoms with Gasteiger partial charge >= 0.3 is 0 Å². The van der Waals surface area contributed by atoms with Crippen molar-refractivity contribution in [3.63, 3.8) is 0 Å². The Labute approximate surface area is 156 Å². The van der Waals surface area contributed by atoms with E-state index < -0.39 is 10.1 Å². The molecule has 0 radical (unpaired) electrons. The maximum Gasteiger partial charge on any atom is 0.261 e. The second-order valence-electron chi connectivity index (χ2n) is 7.29. The SMILES string of the molecule is CNCCCC12CCC(c3ccccc31)c1ccccc12.CS(=O)(=O)O. The summed E-state index contributed by atoms with van der Waals surface area (Å²) in [6.07, 6.45) is 5.84. The molecule has 0 aliphatic heterocycles. The monoisotopic (exact) mass is 373 g/mol. The summed E-state index contributed by atoms with van der Waals surface area (Å²) in [5.41, 5.74) is 6.66. The fourth-order valence-electron chi connectivity index (χ4n) is 4.72. The molecule has 2 bridgehead atoms. The number of hydrogen-bond acceptors (Lipinski definition) is 3. The van der Waals surface area contributed by atoms with Crippen molar-refractivity contribution >= 4 is 10.1 Å². The first-order valence-corrected chi connectivity index (χ1v) is 11.0. The molecule has 0 fully saturated rings. The third-order valence-corrected chi connectivity index (χ3v) is 5.59. The van der Waals surface area contributed by atoms with Crippen molar-refractivity contribution < 1.29 is 13.0 Å². The van der Waals surface area contributed by atoms with Crippen LogP contribution in [0, 0.1) is 0 Å². The average molecular weight is 374 g/mol. The van der Waals surface area contributed by atoms with Gasteiger partial charge in [-0.1, -0.05) is 48.5 Å². The highest BCUT2D eigenvalue weighted by molar-refractivity contribution is 7.85. The molecule has 0 amide bonds. The van der Waals surface area contributed by atoms with Crippen LogP contribution >= 0.6 is 0 Å². The zero-order valence-electron chi connectivity index (χ0n) is 15.4. The van der Waals surface area contributed by atoms with E-state index in [1.165, 1.54) is 25.7 Å². The minimum atomic E-state index is -3.67. The molecule has 2 aromatic carbocycles. The number of benzene rings is 2. The van der Waals surface area contributed by atoms with E-state index in [0.29, 0.717) is 12.2 Å². The first-order chi connectivity index (χ1) is 12.4. The van der Waals surface area contributed by atoms with Crippen LogP contribution in [-0.2, 0) is 15.5 Å². The lowest BCUT2D eigenvalue weighted by atomic mass is 9.54. The van der Waals surface area contributed by atoms with Gasteiger partial charge in [-0.2, -0.15) is 8.42 Å². The summed E-state index contributed by atoms with van der Waals surface area (Å²) in [4.78, 5) is 0. The first-order valence-electron chi connectivity index (χ1n) is 9.13. The lowest BCUT2D eigenvalue weighted by molar-refractivity contribution is 0.341. The van der Waals surface area contributed by atoms with Crippen LogP contribution in [0.4, 0.5) is 0 Å². The summed E-state index contributed by atoms with van der Waals surface area (Å²) in [6, 6.07) is 18.4. The predicted molar refractivity (Wildman–Crippen MR) is 105 cm³/mol. The Morgan fingerprint density at radius 1 is 1.08 bits per heavy atom. The molecule has 0 aromatic heterocycles. The molecule has 0 saturated heterocycles. The fourth-order valence-corrected chi connectivity index (χ4v) is 4.72. The molecule has 5 heteroatoms. The fraction of sp³-hybridized carbons (Fsp3) is 0.429. The van der Waals surface area contributed by atoms with Crippen molar-refractivity contribution in [2.45, 2.75) is 37.0 Å². The molecular weight excluding hydrogens is 346 g/mol. The van der Waals surface area contributed by atoms with Crippen molar-refractivity contribution in [3.05, 3.63) is 70.8 Å². The van der Waals surface area contributed by atoms with Crippen LogP contribution < -0.4 is 5.32 Å². The lowest BCUT2D eigenvalue weighted by Gasteiger charge is -2.50. The van der Waals surface area contributed by atoms with Crippen LogP contribution in [-0.4, -0.2) is 32.8 Å². The molecule has 0 unspecified atom stereocenters. The largest absolute Gasteiger partial charge is 0.320 e. The van der Waals surface area contributed by atoms with Gasteiger partial charge in [-0.15, -0.1) is 0 Å². The average Bonchev–Trinajstić information content (AvgIpc) is 2.61. The smallest absolute Gasteiger partial charge is 0.261 e. The van der Waals surface area contributed by atoms with E-state index in [4.69, 9.17) is 4.55 Å². The van der Waals surface area contributed by atoms with Crippen molar-refractivity contribution in [1.82, 2.24) is 5.32 Å². The van der Waals surface area contributed by atoms with Crippen molar-refractivity contribution in [1.29, 1.82) is 0 Å². The summed E-state index contributed by atoms with van der Waals surface area (Å²) < 4.78 is 25.9. The van der Waals surface area contributed by atoms with Crippen LogP contribution in [0.15, 0.2) is 48.5 Å². The predicted octanol–water partition coefficient (Wildman–Crippen LogP) is 3.72. The third-order valence-electron chi connectivity index (χ3n) is 5.59. The quantitative estimate of drug-likeness (QED) is 0.633. The third kappa shape index (κ3) is 3.70. The van der Waals surface area contributed by atoms with Crippen LogP contribution in [0.25, 0.3) is 0 Å². The molecule has 26 heavy (non-hydrogen) atoms. The van der Waals surface area contributed by atoms with Gasteiger partial charge in [0.05, 0.1) is 6.26 Å². The molecule has 3 aliphatic carbocycles. The van der Waals surface area contributed by atoms with Crippen molar-refractivity contribution in [2.24, 2.45) is 0 Å². The molecule has 0 atom stereocenters. The van der Waals surface area contributed by atoms with E-state index in [1.807, 2.05) is 0 Å². The van der Waals surface area contributed by atoms with Crippen LogP contribution in [0.1, 0.15) is 53.9 Å². The Bertz CT molecular complexity index is 821. The zero-order valence-corrected chi connectivity index (χ0v) is 16.2. The molecule has 0 saturated carbocycles. The molecule has 140 valence electrons. The van der Waals surface area contributed by atoms with Gasteiger partial charge in [0, 0.05) is 11.3 Å². The van der Waals surface area contributed by atoms with Crippen LogP contribution in [0.5, 0.6) is 0 Å². The van der Waals surface area contributed by atoms with Gasteiger partial charge < -0.3 is 5.32 Å². The highest BCUT2D eigenvalue weighted by Crippen LogP contribution is 2.57. The van der Waals surface area contributed by atoms with Gasteiger partial charge in [0.25, 0.3) is 10.1 Å². The summed E-state index contributed by atoms with van der Waals surface area (Å²) in [5.74, 6) is 0.628. The first kappa shape index (κ1) is 19.1. The highest BCUT2D eigenvalue weighted by Gasteiger charge is 2.47. The van der Waals surface area contributed by atoms with E-state index in [1.54, 1.807) is 22.3 Å². The molecule has 3 aliphatic rings. The summed E-state index contributed by atoms with van der Waals surface area (Å²) >= 11 is 0. The van der Waals surface area contributed by atoms with Gasteiger partial charge in [-0.3, -0.25) is 4.55 Å². The van der Waals surface area contributed by atoms with Crippen LogP contribution in [0.2, 0.25) is 0 Å².